The third-order valence-electron chi connectivity index (χ3n) is 3.19. The molecule has 0 spiro atoms. The summed E-state index contributed by atoms with van der Waals surface area (Å²) in [5, 5.41) is 0. The van der Waals surface area contributed by atoms with Gasteiger partial charge in [0.1, 0.15) is 0 Å². The lowest BCUT2D eigenvalue weighted by Crippen LogP contribution is -2.17. The molecule has 1 aliphatic heterocycles. The van der Waals surface area contributed by atoms with E-state index in [2.05, 4.69) is 15.0 Å². The minimum absolute atomic E-state index is 0.742. The van der Waals surface area contributed by atoms with Crippen LogP contribution in [0.2, 0.25) is 0 Å². The molecule has 4 rings (SSSR count). The predicted octanol–water partition coefficient (Wildman–Crippen LogP) is 2.67. The first-order chi connectivity index (χ1) is 9.40. The summed E-state index contributed by atoms with van der Waals surface area (Å²) >= 11 is 0. The summed E-state index contributed by atoms with van der Waals surface area (Å²) in [6.07, 6.45) is 1.81. The Hall–Kier alpha value is -2.56. The molecule has 94 valence electrons. The number of rotatable bonds is 2. The fraction of sp³-hybridized carbons (Fsp3) is 0.143. The number of furan rings is 1. The highest BCUT2D eigenvalue weighted by atomic mass is 16.4. The van der Waals surface area contributed by atoms with Crippen molar-refractivity contribution in [2.24, 2.45) is 4.99 Å². The SMILES string of the molecule is C1=NCCN1c1ccc(-c2nc3ccccc3[nH]2)o1. The summed E-state index contributed by atoms with van der Waals surface area (Å²) in [5.74, 6) is 2.30. The second-order valence-corrected chi connectivity index (χ2v) is 4.46. The molecule has 1 N–H and O–H groups in total. The molecule has 5 nitrogen and oxygen atoms in total. The van der Waals surface area contributed by atoms with Crippen LogP contribution in [0.25, 0.3) is 22.6 Å². The van der Waals surface area contributed by atoms with Crippen LogP contribution in [-0.2, 0) is 0 Å². The number of anilines is 1. The van der Waals surface area contributed by atoms with E-state index in [0.29, 0.717) is 0 Å². The van der Waals surface area contributed by atoms with Crippen LogP contribution in [0.5, 0.6) is 0 Å². The third-order valence-corrected chi connectivity index (χ3v) is 3.19. The van der Waals surface area contributed by atoms with E-state index in [1.54, 1.807) is 6.34 Å². The lowest BCUT2D eigenvalue weighted by molar-refractivity contribution is 0.579. The highest BCUT2D eigenvalue weighted by molar-refractivity contribution is 5.80. The molecule has 0 saturated carbocycles. The first kappa shape index (κ1) is 10.4. The lowest BCUT2D eigenvalue weighted by Gasteiger charge is -2.08. The Kier molecular flexibility index (Phi) is 2.17. The van der Waals surface area contributed by atoms with Crippen molar-refractivity contribution in [3.05, 3.63) is 36.4 Å². The average molecular weight is 252 g/mol. The van der Waals surface area contributed by atoms with E-state index >= 15 is 0 Å². The summed E-state index contributed by atoms with van der Waals surface area (Å²) in [7, 11) is 0. The number of nitrogens with one attached hydrogen (secondary N) is 1. The summed E-state index contributed by atoms with van der Waals surface area (Å²) in [5.41, 5.74) is 1.95. The van der Waals surface area contributed by atoms with Gasteiger partial charge in [-0.3, -0.25) is 4.99 Å². The second kappa shape index (κ2) is 3.98. The Balaban J connectivity index is 1.73. The van der Waals surface area contributed by atoms with Crippen LogP contribution in [0.15, 0.2) is 45.8 Å². The third kappa shape index (κ3) is 1.71. The molecular formula is C14H12N4O. The zero-order chi connectivity index (χ0) is 12.7. The zero-order valence-corrected chi connectivity index (χ0v) is 10.2. The van der Waals surface area contributed by atoms with Gasteiger partial charge in [-0.2, -0.15) is 0 Å². The predicted molar refractivity (Wildman–Crippen MR) is 74.5 cm³/mol. The summed E-state index contributed by atoms with van der Waals surface area (Å²) in [4.78, 5) is 13.9. The van der Waals surface area contributed by atoms with E-state index in [-0.39, 0.29) is 0 Å². The normalized spacial score (nSPS) is 14.6. The van der Waals surface area contributed by atoms with Gasteiger partial charge in [0.05, 0.1) is 23.9 Å². The number of H-pyrrole nitrogens is 1. The van der Waals surface area contributed by atoms with Crippen molar-refractivity contribution in [1.29, 1.82) is 0 Å². The molecule has 1 aliphatic rings. The van der Waals surface area contributed by atoms with E-state index < -0.39 is 0 Å². The van der Waals surface area contributed by atoms with Crippen molar-refractivity contribution in [2.45, 2.75) is 0 Å². The number of imidazole rings is 1. The number of aromatic nitrogens is 2. The molecular weight excluding hydrogens is 240 g/mol. The first-order valence-electron chi connectivity index (χ1n) is 6.22. The number of aliphatic imine (C=N–C) groups is 1. The van der Waals surface area contributed by atoms with Crippen LogP contribution in [0.4, 0.5) is 5.88 Å². The number of benzene rings is 1. The molecule has 0 aliphatic carbocycles. The summed E-state index contributed by atoms with van der Waals surface area (Å²) < 4.78 is 5.82. The van der Waals surface area contributed by atoms with Gasteiger partial charge >= 0.3 is 0 Å². The van der Waals surface area contributed by atoms with Gasteiger partial charge in [-0.05, 0) is 18.2 Å². The fourth-order valence-electron chi connectivity index (χ4n) is 2.23. The van der Waals surface area contributed by atoms with Gasteiger partial charge in [-0.25, -0.2) is 4.98 Å². The minimum Gasteiger partial charge on any atom is -0.437 e. The van der Waals surface area contributed by atoms with Crippen LogP contribution in [-0.4, -0.2) is 29.4 Å². The molecule has 2 aromatic heterocycles. The molecule has 19 heavy (non-hydrogen) atoms. The highest BCUT2D eigenvalue weighted by Crippen LogP contribution is 2.26. The van der Waals surface area contributed by atoms with Crippen LogP contribution in [0, 0.1) is 0 Å². The van der Waals surface area contributed by atoms with Crippen molar-refractivity contribution >= 4 is 23.3 Å². The van der Waals surface area contributed by atoms with E-state index in [0.717, 1.165) is 41.6 Å². The molecule has 5 heteroatoms. The van der Waals surface area contributed by atoms with Gasteiger partial charge in [0.25, 0.3) is 0 Å². The number of hydrogen-bond donors (Lipinski definition) is 1. The largest absolute Gasteiger partial charge is 0.437 e. The standard InChI is InChI=1S/C14H12N4O/c1-2-4-11-10(3-1)16-14(17-11)12-5-6-13(19-12)18-8-7-15-9-18/h1-6,9H,7-8H2,(H,16,17). The van der Waals surface area contributed by atoms with Crippen molar-refractivity contribution in [3.8, 4) is 11.6 Å². The van der Waals surface area contributed by atoms with Gasteiger partial charge in [0.2, 0.25) is 5.88 Å². The lowest BCUT2D eigenvalue weighted by atomic mass is 10.3. The summed E-state index contributed by atoms with van der Waals surface area (Å²) in [6, 6.07) is 11.8. The van der Waals surface area contributed by atoms with Gasteiger partial charge in [0, 0.05) is 12.6 Å². The van der Waals surface area contributed by atoms with Crippen molar-refractivity contribution < 1.29 is 4.42 Å². The number of nitrogens with zero attached hydrogens (tertiary/aromatic N) is 3. The molecule has 0 bridgehead atoms. The van der Waals surface area contributed by atoms with E-state index in [9.17, 15) is 0 Å². The monoisotopic (exact) mass is 252 g/mol. The Morgan fingerprint density at radius 2 is 2.11 bits per heavy atom. The van der Waals surface area contributed by atoms with Gasteiger partial charge < -0.3 is 14.3 Å². The summed E-state index contributed by atoms with van der Waals surface area (Å²) in [6.45, 7) is 1.69. The average Bonchev–Trinajstić information content (AvgIpc) is 3.17. The Bertz CT molecular complexity index is 722. The molecule has 0 amide bonds. The van der Waals surface area contributed by atoms with Crippen molar-refractivity contribution in [1.82, 2.24) is 9.97 Å². The van der Waals surface area contributed by atoms with Gasteiger partial charge in [0.15, 0.2) is 11.6 Å². The number of fused-ring (bicyclic) bond motifs is 1. The quantitative estimate of drug-likeness (QED) is 0.762. The van der Waals surface area contributed by atoms with Crippen molar-refractivity contribution in [2.75, 3.05) is 18.0 Å². The van der Waals surface area contributed by atoms with Crippen LogP contribution < -0.4 is 4.90 Å². The smallest absolute Gasteiger partial charge is 0.201 e. The Morgan fingerprint density at radius 3 is 2.95 bits per heavy atom. The van der Waals surface area contributed by atoms with Crippen molar-refractivity contribution in [3.63, 3.8) is 0 Å². The second-order valence-electron chi connectivity index (χ2n) is 4.46. The van der Waals surface area contributed by atoms with Gasteiger partial charge in [-0.15, -0.1) is 0 Å². The Morgan fingerprint density at radius 1 is 1.16 bits per heavy atom. The minimum atomic E-state index is 0.742. The zero-order valence-electron chi connectivity index (χ0n) is 10.2. The Labute approximate surface area is 109 Å². The molecule has 3 aromatic rings. The van der Waals surface area contributed by atoms with Crippen LogP contribution >= 0.6 is 0 Å². The highest BCUT2D eigenvalue weighted by Gasteiger charge is 2.14. The molecule has 0 radical (unpaired) electrons. The van der Waals surface area contributed by atoms with E-state index in [1.807, 2.05) is 41.3 Å². The topological polar surface area (TPSA) is 57.4 Å². The van der Waals surface area contributed by atoms with E-state index in [1.165, 1.54) is 0 Å². The maximum Gasteiger partial charge on any atom is 0.201 e. The number of para-hydroxylation sites is 2. The maximum atomic E-state index is 5.82. The number of hydrogen-bond acceptors (Lipinski definition) is 4. The first-order valence-corrected chi connectivity index (χ1v) is 6.22. The molecule has 3 heterocycles. The molecule has 0 atom stereocenters. The van der Waals surface area contributed by atoms with E-state index in [4.69, 9.17) is 4.42 Å². The molecule has 0 unspecified atom stereocenters. The molecule has 1 aromatic carbocycles. The fourth-order valence-corrected chi connectivity index (χ4v) is 2.23. The van der Waals surface area contributed by atoms with Gasteiger partial charge in [-0.1, -0.05) is 12.1 Å². The van der Waals surface area contributed by atoms with Crippen LogP contribution in [0.3, 0.4) is 0 Å². The maximum absolute atomic E-state index is 5.82. The number of aromatic amines is 1. The molecule has 0 saturated heterocycles. The van der Waals surface area contributed by atoms with Crippen LogP contribution in [0.1, 0.15) is 0 Å². The molecule has 0 fully saturated rings.